The largest absolute Gasteiger partial charge is 0.465 e. The number of amides is 1. The summed E-state index contributed by atoms with van der Waals surface area (Å²) < 4.78 is 12.5. The topological polar surface area (TPSA) is 72.8 Å². The van der Waals surface area contributed by atoms with Crippen molar-refractivity contribution in [1.82, 2.24) is 4.57 Å². The average Bonchev–Trinajstić information content (AvgIpc) is 3.17. The molecule has 1 fully saturated rings. The third kappa shape index (κ3) is 4.38. The predicted octanol–water partition coefficient (Wildman–Crippen LogP) is 3.97. The smallest absolute Gasteiger partial charge is 0.340 e. The number of nitrogens with zero attached hydrogens (tertiary/aromatic N) is 2. The van der Waals surface area contributed by atoms with Crippen LogP contribution in [0.2, 0.25) is 0 Å². The molecule has 1 aliphatic heterocycles. The molecule has 0 saturated carbocycles. The Hall–Kier alpha value is -3.58. The first-order valence-corrected chi connectivity index (χ1v) is 10.6. The van der Waals surface area contributed by atoms with Gasteiger partial charge in [-0.2, -0.15) is 0 Å². The fraction of sp³-hybridized carbons (Fsp3) is 0.280. The van der Waals surface area contributed by atoms with Gasteiger partial charge in [0.25, 0.3) is 5.91 Å². The van der Waals surface area contributed by atoms with Crippen molar-refractivity contribution in [3.05, 3.63) is 77.1 Å². The zero-order chi connectivity index (χ0) is 22.7. The van der Waals surface area contributed by atoms with E-state index in [0.29, 0.717) is 30.0 Å². The first kappa shape index (κ1) is 21.6. The van der Waals surface area contributed by atoms with Crippen molar-refractivity contribution in [3.63, 3.8) is 0 Å². The molecule has 4 rings (SSSR count). The molecule has 3 aromatic rings. The monoisotopic (exact) mass is 433 g/mol. The standard InChI is InChI=1S/C25H27N3O4/c1-17-4-5-18(2)28(17)20-8-6-19(7-9-20)24(29)26-23-11-10-21(16-22(23)25(30)31-3)27-12-14-32-15-13-27/h4-11,16H,12-15H2,1-3H3,(H,26,29). The van der Waals surface area contributed by atoms with E-state index in [-0.39, 0.29) is 5.91 Å². The Balaban J connectivity index is 1.56. The molecule has 7 nitrogen and oxygen atoms in total. The van der Waals surface area contributed by atoms with Crippen LogP contribution in [0.25, 0.3) is 5.69 Å². The van der Waals surface area contributed by atoms with Crippen molar-refractivity contribution < 1.29 is 19.1 Å². The number of benzene rings is 2. The van der Waals surface area contributed by atoms with Gasteiger partial charge in [-0.3, -0.25) is 4.79 Å². The minimum Gasteiger partial charge on any atom is -0.465 e. The van der Waals surface area contributed by atoms with Crippen LogP contribution in [0, 0.1) is 13.8 Å². The van der Waals surface area contributed by atoms with Gasteiger partial charge in [0, 0.05) is 41.4 Å². The lowest BCUT2D eigenvalue weighted by atomic mass is 10.1. The molecule has 1 N–H and O–H groups in total. The van der Waals surface area contributed by atoms with E-state index in [2.05, 4.69) is 26.9 Å². The Morgan fingerprint density at radius 3 is 2.16 bits per heavy atom. The number of carbonyl (C=O) groups excluding carboxylic acids is 2. The maximum Gasteiger partial charge on any atom is 0.340 e. The molecular formula is C25H27N3O4. The van der Waals surface area contributed by atoms with Crippen molar-refractivity contribution in [3.8, 4) is 5.69 Å². The van der Waals surface area contributed by atoms with Crippen LogP contribution in [-0.2, 0) is 9.47 Å². The number of morpholine rings is 1. The van der Waals surface area contributed by atoms with Crippen molar-refractivity contribution in [2.24, 2.45) is 0 Å². The van der Waals surface area contributed by atoms with Gasteiger partial charge in [-0.05, 0) is 68.4 Å². The Labute approximate surface area is 187 Å². The van der Waals surface area contributed by atoms with E-state index in [1.807, 2.05) is 32.0 Å². The second kappa shape index (κ2) is 9.28. The van der Waals surface area contributed by atoms with Gasteiger partial charge in [0.1, 0.15) is 0 Å². The number of esters is 1. The van der Waals surface area contributed by atoms with Crippen LogP contribution in [0.15, 0.2) is 54.6 Å². The predicted molar refractivity (Wildman–Crippen MR) is 124 cm³/mol. The minimum absolute atomic E-state index is 0.290. The SMILES string of the molecule is COC(=O)c1cc(N2CCOCC2)ccc1NC(=O)c1ccc(-n2c(C)ccc2C)cc1. The van der Waals surface area contributed by atoms with Crippen LogP contribution in [0.1, 0.15) is 32.1 Å². The number of methoxy groups -OCH3 is 1. The zero-order valence-corrected chi connectivity index (χ0v) is 18.6. The van der Waals surface area contributed by atoms with Crippen LogP contribution in [0.4, 0.5) is 11.4 Å². The number of hydrogen-bond acceptors (Lipinski definition) is 5. The molecule has 2 aromatic carbocycles. The highest BCUT2D eigenvalue weighted by Crippen LogP contribution is 2.26. The van der Waals surface area contributed by atoms with Gasteiger partial charge in [0.2, 0.25) is 0 Å². The Kier molecular flexibility index (Phi) is 6.28. The van der Waals surface area contributed by atoms with E-state index in [0.717, 1.165) is 35.9 Å². The second-order valence-electron chi connectivity index (χ2n) is 7.77. The lowest BCUT2D eigenvalue weighted by molar-refractivity contribution is 0.0602. The summed E-state index contributed by atoms with van der Waals surface area (Å²) in [6.45, 7) is 6.87. The summed E-state index contributed by atoms with van der Waals surface area (Å²) in [4.78, 5) is 27.5. The minimum atomic E-state index is -0.496. The van der Waals surface area contributed by atoms with Gasteiger partial charge in [-0.15, -0.1) is 0 Å². The molecular weight excluding hydrogens is 406 g/mol. The molecule has 7 heteroatoms. The van der Waals surface area contributed by atoms with E-state index < -0.39 is 5.97 Å². The molecule has 1 aliphatic rings. The molecule has 0 atom stereocenters. The highest BCUT2D eigenvalue weighted by atomic mass is 16.5. The number of anilines is 2. The summed E-state index contributed by atoms with van der Waals surface area (Å²) in [5.41, 5.74) is 5.38. The van der Waals surface area contributed by atoms with Crippen molar-refractivity contribution in [1.29, 1.82) is 0 Å². The van der Waals surface area contributed by atoms with E-state index in [4.69, 9.17) is 9.47 Å². The number of rotatable bonds is 5. The molecule has 1 aromatic heterocycles. The van der Waals surface area contributed by atoms with Crippen LogP contribution in [0.5, 0.6) is 0 Å². The Morgan fingerprint density at radius 1 is 0.906 bits per heavy atom. The summed E-state index contributed by atoms with van der Waals surface area (Å²) >= 11 is 0. The van der Waals surface area contributed by atoms with Gasteiger partial charge in [-0.25, -0.2) is 4.79 Å². The molecule has 1 saturated heterocycles. The third-order valence-corrected chi connectivity index (χ3v) is 5.69. The molecule has 2 heterocycles. The maximum absolute atomic E-state index is 12.9. The Bertz CT molecular complexity index is 1110. The number of aromatic nitrogens is 1. The van der Waals surface area contributed by atoms with E-state index in [1.54, 1.807) is 24.3 Å². The van der Waals surface area contributed by atoms with Crippen LogP contribution in [0.3, 0.4) is 0 Å². The van der Waals surface area contributed by atoms with Crippen LogP contribution in [-0.4, -0.2) is 49.9 Å². The summed E-state index contributed by atoms with van der Waals surface area (Å²) in [5, 5.41) is 2.86. The molecule has 0 bridgehead atoms. The quantitative estimate of drug-likeness (QED) is 0.617. The van der Waals surface area contributed by atoms with Gasteiger partial charge in [0.05, 0.1) is 31.6 Å². The van der Waals surface area contributed by atoms with Gasteiger partial charge < -0.3 is 24.3 Å². The molecule has 0 unspecified atom stereocenters. The van der Waals surface area contributed by atoms with Gasteiger partial charge in [-0.1, -0.05) is 0 Å². The lowest BCUT2D eigenvalue weighted by Crippen LogP contribution is -2.36. The third-order valence-electron chi connectivity index (χ3n) is 5.69. The number of nitrogens with one attached hydrogen (secondary N) is 1. The molecule has 0 spiro atoms. The van der Waals surface area contributed by atoms with Crippen LogP contribution < -0.4 is 10.2 Å². The van der Waals surface area contributed by atoms with E-state index in [9.17, 15) is 9.59 Å². The van der Waals surface area contributed by atoms with Gasteiger partial charge in [0.15, 0.2) is 0 Å². The fourth-order valence-corrected chi connectivity index (χ4v) is 3.97. The van der Waals surface area contributed by atoms with E-state index >= 15 is 0 Å². The van der Waals surface area contributed by atoms with E-state index in [1.165, 1.54) is 7.11 Å². The molecule has 166 valence electrons. The summed E-state index contributed by atoms with van der Waals surface area (Å²) in [6, 6.07) is 16.9. The second-order valence-corrected chi connectivity index (χ2v) is 7.77. The average molecular weight is 434 g/mol. The summed E-state index contributed by atoms with van der Waals surface area (Å²) in [6.07, 6.45) is 0. The highest BCUT2D eigenvalue weighted by molar-refractivity contribution is 6.08. The number of aryl methyl sites for hydroxylation is 2. The molecule has 0 radical (unpaired) electrons. The zero-order valence-electron chi connectivity index (χ0n) is 18.6. The normalized spacial score (nSPS) is 13.7. The lowest BCUT2D eigenvalue weighted by Gasteiger charge is -2.29. The first-order valence-electron chi connectivity index (χ1n) is 10.6. The summed E-state index contributed by atoms with van der Waals surface area (Å²) in [7, 11) is 1.33. The highest BCUT2D eigenvalue weighted by Gasteiger charge is 2.19. The molecule has 0 aliphatic carbocycles. The Morgan fingerprint density at radius 2 is 1.53 bits per heavy atom. The molecule has 1 amide bonds. The van der Waals surface area contributed by atoms with Crippen molar-refractivity contribution >= 4 is 23.3 Å². The number of ether oxygens (including phenoxy) is 2. The van der Waals surface area contributed by atoms with Crippen LogP contribution >= 0.6 is 0 Å². The summed E-state index contributed by atoms with van der Waals surface area (Å²) in [5.74, 6) is -0.786. The van der Waals surface area contributed by atoms with Gasteiger partial charge >= 0.3 is 5.97 Å². The molecule has 32 heavy (non-hydrogen) atoms. The maximum atomic E-state index is 12.9. The first-order chi connectivity index (χ1) is 15.5. The number of hydrogen-bond donors (Lipinski definition) is 1. The number of carbonyl (C=O) groups is 2. The fourth-order valence-electron chi connectivity index (χ4n) is 3.97. The van der Waals surface area contributed by atoms with Crippen molar-refractivity contribution in [2.75, 3.05) is 43.6 Å². The van der Waals surface area contributed by atoms with Crippen molar-refractivity contribution in [2.45, 2.75) is 13.8 Å².